The maximum atomic E-state index is 13.2. The van der Waals surface area contributed by atoms with Gasteiger partial charge in [0.1, 0.15) is 11.6 Å². The van der Waals surface area contributed by atoms with Crippen LogP contribution in [-0.2, 0) is 9.53 Å². The lowest BCUT2D eigenvalue weighted by molar-refractivity contribution is -0.150. The van der Waals surface area contributed by atoms with Crippen LogP contribution in [0.4, 0.5) is 0 Å². The van der Waals surface area contributed by atoms with Crippen molar-refractivity contribution in [3.8, 4) is 5.75 Å². The van der Waals surface area contributed by atoms with E-state index in [9.17, 15) is 9.59 Å². The lowest BCUT2D eigenvalue weighted by Gasteiger charge is -2.16. The Morgan fingerprint density at radius 1 is 1.21 bits per heavy atom. The van der Waals surface area contributed by atoms with Crippen LogP contribution >= 0.6 is 61.1 Å². The molecule has 7 nitrogen and oxygen atoms in total. The molecule has 0 unspecified atom stereocenters. The number of benzene rings is 2. The molecular formula is C23H22BrI2N3O4. The highest BCUT2D eigenvalue weighted by Crippen LogP contribution is 2.29. The van der Waals surface area contributed by atoms with Crippen molar-refractivity contribution in [1.82, 2.24) is 9.66 Å². The third-order valence-electron chi connectivity index (χ3n) is 4.61. The maximum absolute atomic E-state index is 13.2. The van der Waals surface area contributed by atoms with Crippen molar-refractivity contribution in [2.24, 2.45) is 5.10 Å². The van der Waals surface area contributed by atoms with Crippen LogP contribution in [0.15, 0.2) is 44.7 Å². The van der Waals surface area contributed by atoms with E-state index in [0.29, 0.717) is 29.1 Å². The molecule has 0 bridgehead atoms. The second kappa shape index (κ2) is 11.3. The molecule has 10 heteroatoms. The van der Waals surface area contributed by atoms with Crippen molar-refractivity contribution in [3.05, 3.63) is 63.7 Å². The molecule has 0 fully saturated rings. The van der Waals surface area contributed by atoms with Crippen LogP contribution in [0, 0.1) is 7.14 Å². The average molecular weight is 738 g/mol. The number of esters is 1. The van der Waals surface area contributed by atoms with Crippen LogP contribution < -0.4 is 10.3 Å². The molecule has 1 aromatic heterocycles. The summed E-state index contributed by atoms with van der Waals surface area (Å²) in [6.45, 7) is 7.66. The first kappa shape index (κ1) is 26.1. The Balaban J connectivity index is 1.98. The van der Waals surface area contributed by atoms with E-state index in [0.717, 1.165) is 17.2 Å². The quantitative estimate of drug-likeness (QED) is 0.177. The minimum Gasteiger partial charge on any atom is -0.477 e. The van der Waals surface area contributed by atoms with Crippen LogP contribution in [0.2, 0.25) is 0 Å². The van der Waals surface area contributed by atoms with Gasteiger partial charge in [-0.2, -0.15) is 9.78 Å². The zero-order chi connectivity index (χ0) is 24.3. The number of halogens is 3. The summed E-state index contributed by atoms with van der Waals surface area (Å²) >= 11 is 7.72. The summed E-state index contributed by atoms with van der Waals surface area (Å²) in [6, 6.07) is 9.20. The SMILES string of the molecule is CCOC(=O)[C@H](C)Oc1c(I)cc(C=Nn2c(C(C)C)nc3ccc(Br)cc3c2=O)cc1I. The summed E-state index contributed by atoms with van der Waals surface area (Å²) in [5, 5.41) is 4.97. The average Bonchev–Trinajstić information content (AvgIpc) is 2.75. The second-order valence-corrected chi connectivity index (χ2v) is 10.7. The number of nitrogens with zero attached hydrogens (tertiary/aromatic N) is 3. The van der Waals surface area contributed by atoms with Crippen LogP contribution in [0.3, 0.4) is 0 Å². The van der Waals surface area contributed by atoms with Crippen LogP contribution in [0.25, 0.3) is 10.9 Å². The van der Waals surface area contributed by atoms with E-state index in [1.54, 1.807) is 26.1 Å². The molecule has 0 amide bonds. The molecule has 0 radical (unpaired) electrons. The van der Waals surface area contributed by atoms with Crippen LogP contribution in [-0.4, -0.2) is 34.6 Å². The topological polar surface area (TPSA) is 82.8 Å². The summed E-state index contributed by atoms with van der Waals surface area (Å²) < 4.78 is 14.6. The minimum absolute atomic E-state index is 0.00306. The number of ether oxygens (including phenoxy) is 2. The molecule has 1 heterocycles. The van der Waals surface area contributed by atoms with Crippen molar-refractivity contribution in [2.45, 2.75) is 39.7 Å². The summed E-state index contributed by atoms with van der Waals surface area (Å²) in [4.78, 5) is 29.8. The van der Waals surface area contributed by atoms with Gasteiger partial charge in [-0.1, -0.05) is 29.8 Å². The number of rotatable bonds is 7. The number of fused-ring (bicyclic) bond motifs is 1. The molecule has 0 N–H and O–H groups in total. The number of carbonyl (C=O) groups excluding carboxylic acids is 1. The summed E-state index contributed by atoms with van der Waals surface area (Å²) in [5.74, 6) is 0.777. The number of carbonyl (C=O) groups is 1. The smallest absolute Gasteiger partial charge is 0.347 e. The number of hydrogen-bond acceptors (Lipinski definition) is 6. The van der Waals surface area contributed by atoms with Crippen molar-refractivity contribution >= 4 is 84.2 Å². The Morgan fingerprint density at radius 3 is 2.48 bits per heavy atom. The summed E-state index contributed by atoms with van der Waals surface area (Å²) in [5.41, 5.74) is 1.20. The number of hydrogen-bond donors (Lipinski definition) is 0. The molecule has 0 aliphatic rings. The lowest BCUT2D eigenvalue weighted by atomic mass is 10.2. The molecule has 0 saturated carbocycles. The summed E-state index contributed by atoms with van der Waals surface area (Å²) in [6.07, 6.45) is 0.906. The molecule has 1 atom stereocenters. The lowest BCUT2D eigenvalue weighted by Crippen LogP contribution is -2.26. The van der Waals surface area contributed by atoms with Gasteiger partial charge in [-0.05, 0) is 94.9 Å². The van der Waals surface area contributed by atoms with Gasteiger partial charge >= 0.3 is 5.97 Å². The summed E-state index contributed by atoms with van der Waals surface area (Å²) in [7, 11) is 0. The Morgan fingerprint density at radius 2 is 1.88 bits per heavy atom. The molecule has 3 aromatic rings. The molecule has 174 valence electrons. The van der Waals surface area contributed by atoms with Gasteiger partial charge in [-0.3, -0.25) is 4.79 Å². The van der Waals surface area contributed by atoms with Gasteiger partial charge in [-0.25, -0.2) is 9.78 Å². The van der Waals surface area contributed by atoms with Crippen LogP contribution in [0.1, 0.15) is 45.0 Å². The highest BCUT2D eigenvalue weighted by Gasteiger charge is 2.19. The molecule has 0 aliphatic carbocycles. The fourth-order valence-corrected chi connectivity index (χ4v) is 5.46. The molecule has 2 aromatic carbocycles. The van der Waals surface area contributed by atoms with Crippen molar-refractivity contribution in [3.63, 3.8) is 0 Å². The van der Waals surface area contributed by atoms with E-state index in [1.165, 1.54) is 4.68 Å². The van der Waals surface area contributed by atoms with Gasteiger partial charge in [0, 0.05) is 10.4 Å². The third-order valence-corrected chi connectivity index (χ3v) is 6.70. The number of aromatic nitrogens is 2. The Kier molecular flexibility index (Phi) is 8.89. The van der Waals surface area contributed by atoms with Gasteiger partial charge in [0.15, 0.2) is 6.10 Å². The van der Waals surface area contributed by atoms with Crippen molar-refractivity contribution < 1.29 is 14.3 Å². The zero-order valence-corrected chi connectivity index (χ0v) is 24.3. The van der Waals surface area contributed by atoms with Crippen molar-refractivity contribution in [1.29, 1.82) is 0 Å². The van der Waals surface area contributed by atoms with Gasteiger partial charge < -0.3 is 9.47 Å². The highest BCUT2D eigenvalue weighted by atomic mass is 127. The van der Waals surface area contributed by atoms with Gasteiger partial charge in [0.25, 0.3) is 5.56 Å². The predicted octanol–water partition coefficient (Wildman–Crippen LogP) is 5.70. The van der Waals surface area contributed by atoms with E-state index in [4.69, 9.17) is 9.47 Å². The van der Waals surface area contributed by atoms with Gasteiger partial charge in [0.05, 0.1) is 30.9 Å². The van der Waals surface area contributed by atoms with Crippen LogP contribution in [0.5, 0.6) is 5.75 Å². The molecule has 0 saturated heterocycles. The largest absolute Gasteiger partial charge is 0.477 e. The highest BCUT2D eigenvalue weighted by molar-refractivity contribution is 14.1. The molecule has 0 spiro atoms. The third kappa shape index (κ3) is 6.13. The van der Waals surface area contributed by atoms with E-state index in [-0.39, 0.29) is 11.5 Å². The molecule has 0 aliphatic heterocycles. The van der Waals surface area contributed by atoms with E-state index >= 15 is 0 Å². The van der Waals surface area contributed by atoms with Crippen molar-refractivity contribution in [2.75, 3.05) is 6.61 Å². The fraction of sp³-hybridized carbons (Fsp3) is 0.304. The maximum Gasteiger partial charge on any atom is 0.347 e. The normalized spacial score (nSPS) is 12.5. The predicted molar refractivity (Wildman–Crippen MR) is 149 cm³/mol. The zero-order valence-electron chi connectivity index (χ0n) is 18.4. The van der Waals surface area contributed by atoms with E-state index in [1.807, 2.05) is 38.1 Å². The Hall–Kier alpha value is -1.54. The van der Waals surface area contributed by atoms with Gasteiger partial charge in [0.2, 0.25) is 0 Å². The minimum atomic E-state index is -0.721. The standard InChI is InChI=1S/C23H22BrI2N3O4/c1-5-32-23(31)13(4)33-20-17(25)8-14(9-18(20)26)11-27-29-21(12(2)3)28-19-7-6-15(24)10-16(19)22(29)30/h6-13H,5H2,1-4H3/t13-/m0/s1. The monoisotopic (exact) mass is 737 g/mol. The van der Waals surface area contributed by atoms with E-state index < -0.39 is 12.1 Å². The first-order valence-electron chi connectivity index (χ1n) is 10.2. The first-order valence-corrected chi connectivity index (χ1v) is 13.2. The Labute approximate surface area is 227 Å². The molecule has 3 rings (SSSR count). The fourth-order valence-electron chi connectivity index (χ4n) is 3.03. The van der Waals surface area contributed by atoms with Gasteiger partial charge in [-0.15, -0.1) is 0 Å². The molecule has 33 heavy (non-hydrogen) atoms. The molecular weight excluding hydrogens is 716 g/mol. The second-order valence-electron chi connectivity index (χ2n) is 7.47. The first-order chi connectivity index (χ1) is 15.6. The Bertz CT molecular complexity index is 1270. The van der Waals surface area contributed by atoms with E-state index in [2.05, 4.69) is 71.2 Å².